The van der Waals surface area contributed by atoms with Crippen molar-refractivity contribution >= 4 is 19.8 Å². The van der Waals surface area contributed by atoms with E-state index in [9.17, 15) is 9.36 Å². The lowest BCUT2D eigenvalue weighted by Gasteiger charge is -2.11. The first-order valence-corrected chi connectivity index (χ1v) is 4.83. The molecule has 0 aromatic rings. The predicted octanol–water partition coefficient (Wildman–Crippen LogP) is 0.0471. The van der Waals surface area contributed by atoms with E-state index in [1.165, 1.54) is 0 Å². The van der Waals surface area contributed by atoms with Crippen molar-refractivity contribution in [1.29, 1.82) is 5.41 Å². The molecular weight excluding hydrogens is 185 g/mol. The molecule has 7 heteroatoms. The van der Waals surface area contributed by atoms with Crippen LogP contribution >= 0.6 is 7.60 Å². The minimum absolute atomic E-state index is 0.205. The van der Waals surface area contributed by atoms with Crippen molar-refractivity contribution in [3.05, 3.63) is 0 Å². The third kappa shape index (κ3) is 4.23. The smallest absolute Gasteiger partial charge is 0.333 e. The van der Waals surface area contributed by atoms with E-state index >= 15 is 0 Å². The van der Waals surface area contributed by atoms with Gasteiger partial charge < -0.3 is 20.3 Å². The lowest BCUT2D eigenvalue weighted by Crippen LogP contribution is -2.11. The van der Waals surface area contributed by atoms with E-state index in [0.29, 0.717) is 6.21 Å². The minimum atomic E-state index is -4.34. The fourth-order valence-electron chi connectivity index (χ4n) is 0.620. The van der Waals surface area contributed by atoms with Gasteiger partial charge in [0.2, 0.25) is 0 Å². The molecule has 0 spiro atoms. The Balaban J connectivity index is 4.11. The molecule has 12 heavy (non-hydrogen) atoms. The molecule has 0 heterocycles. The number of carbonyl (C=O) groups is 1. The average molecular weight is 195 g/mol. The van der Waals surface area contributed by atoms with Gasteiger partial charge in [-0.15, -0.1) is 0 Å². The third-order valence-electron chi connectivity index (χ3n) is 1.28. The van der Waals surface area contributed by atoms with Gasteiger partial charge in [0.15, 0.2) is 0 Å². The number of rotatable bonds is 5. The van der Waals surface area contributed by atoms with Gasteiger partial charge in [-0.25, -0.2) is 0 Å². The number of hydrogen-bond acceptors (Lipinski definition) is 3. The van der Waals surface area contributed by atoms with E-state index in [0.717, 1.165) is 0 Å². The Kier molecular flexibility index (Phi) is 4.09. The van der Waals surface area contributed by atoms with Crippen molar-refractivity contribution in [3.8, 4) is 0 Å². The number of hydrogen-bond donors (Lipinski definition) is 4. The maximum atomic E-state index is 10.5. The van der Waals surface area contributed by atoms with E-state index in [1.54, 1.807) is 0 Å². The summed E-state index contributed by atoms with van der Waals surface area (Å²) in [6.45, 7) is 0. The van der Waals surface area contributed by atoms with Crippen LogP contribution < -0.4 is 0 Å². The Morgan fingerprint density at radius 2 is 2.08 bits per heavy atom. The zero-order valence-electron chi connectivity index (χ0n) is 6.17. The van der Waals surface area contributed by atoms with E-state index in [1.807, 2.05) is 0 Å². The highest BCUT2D eigenvalue weighted by Gasteiger charge is 2.26. The molecule has 70 valence electrons. The summed E-state index contributed by atoms with van der Waals surface area (Å²) in [5.41, 5.74) is -1.27. The summed E-state index contributed by atoms with van der Waals surface area (Å²) >= 11 is 0. The summed E-state index contributed by atoms with van der Waals surface area (Å²) in [7, 11) is -4.34. The quantitative estimate of drug-likeness (QED) is 0.365. The topological polar surface area (TPSA) is 119 Å². The molecule has 0 bridgehead atoms. The molecule has 0 aromatic heterocycles. The second-order valence-corrected chi connectivity index (χ2v) is 4.10. The SMILES string of the molecule is N=CC(CCC(=O)O)P(=O)(O)O. The van der Waals surface area contributed by atoms with Crippen LogP contribution in [0.5, 0.6) is 0 Å². The van der Waals surface area contributed by atoms with Gasteiger partial charge in [-0.1, -0.05) is 0 Å². The Bertz CT molecular complexity index is 222. The first-order chi connectivity index (χ1) is 5.38. The molecule has 0 aliphatic rings. The van der Waals surface area contributed by atoms with Crippen LogP contribution in [0.1, 0.15) is 12.8 Å². The average Bonchev–Trinajstić information content (AvgIpc) is 1.85. The maximum absolute atomic E-state index is 10.5. The monoisotopic (exact) mass is 195 g/mol. The standard InChI is InChI=1S/C5H10NO5P/c6-3-4(12(9,10)11)1-2-5(7)8/h3-4,6H,1-2H2,(H,7,8)(H2,9,10,11). The molecule has 1 unspecified atom stereocenters. The summed E-state index contributed by atoms with van der Waals surface area (Å²) in [6.07, 6.45) is 0.0397. The molecule has 0 saturated heterocycles. The van der Waals surface area contributed by atoms with E-state index in [-0.39, 0.29) is 12.8 Å². The molecule has 0 amide bonds. The van der Waals surface area contributed by atoms with Crippen LogP contribution in [-0.2, 0) is 9.36 Å². The number of carboxylic acids is 1. The van der Waals surface area contributed by atoms with Crippen LogP contribution in [0, 0.1) is 5.41 Å². The summed E-state index contributed by atoms with van der Waals surface area (Å²) in [5, 5.41) is 14.8. The van der Waals surface area contributed by atoms with Gasteiger partial charge in [-0.05, 0) is 6.42 Å². The van der Waals surface area contributed by atoms with Crippen LogP contribution in [0.3, 0.4) is 0 Å². The summed E-state index contributed by atoms with van der Waals surface area (Å²) in [5.74, 6) is -1.13. The Hall–Kier alpha value is -0.710. The van der Waals surface area contributed by atoms with E-state index in [2.05, 4.69) is 0 Å². The van der Waals surface area contributed by atoms with E-state index < -0.39 is 19.2 Å². The lowest BCUT2D eigenvalue weighted by atomic mass is 10.2. The van der Waals surface area contributed by atoms with Gasteiger partial charge in [0.1, 0.15) is 0 Å². The summed E-state index contributed by atoms with van der Waals surface area (Å²) in [6, 6.07) is 0. The predicted molar refractivity (Wildman–Crippen MR) is 41.5 cm³/mol. The van der Waals surface area contributed by atoms with Gasteiger partial charge in [0.05, 0.1) is 5.66 Å². The molecular formula is C5H10NO5P. The van der Waals surface area contributed by atoms with E-state index in [4.69, 9.17) is 20.3 Å². The van der Waals surface area contributed by atoms with Gasteiger partial charge in [-0.2, -0.15) is 0 Å². The van der Waals surface area contributed by atoms with Crippen LogP contribution in [-0.4, -0.2) is 32.7 Å². The van der Waals surface area contributed by atoms with Crippen molar-refractivity contribution in [2.45, 2.75) is 18.5 Å². The van der Waals surface area contributed by atoms with Crippen molar-refractivity contribution in [3.63, 3.8) is 0 Å². The molecule has 4 N–H and O–H groups in total. The van der Waals surface area contributed by atoms with Gasteiger partial charge in [-0.3, -0.25) is 9.36 Å². The van der Waals surface area contributed by atoms with Gasteiger partial charge in [0, 0.05) is 12.6 Å². The molecule has 0 saturated carbocycles. The highest BCUT2D eigenvalue weighted by molar-refractivity contribution is 7.53. The van der Waals surface area contributed by atoms with Gasteiger partial charge in [0.25, 0.3) is 0 Å². The van der Waals surface area contributed by atoms with Crippen LogP contribution in [0.2, 0.25) is 0 Å². The molecule has 0 aliphatic carbocycles. The van der Waals surface area contributed by atoms with Gasteiger partial charge >= 0.3 is 13.6 Å². The zero-order chi connectivity index (χ0) is 9.78. The zero-order valence-corrected chi connectivity index (χ0v) is 7.07. The van der Waals surface area contributed by atoms with Crippen LogP contribution in [0.15, 0.2) is 0 Å². The largest absolute Gasteiger partial charge is 0.481 e. The van der Waals surface area contributed by atoms with Crippen LogP contribution in [0.25, 0.3) is 0 Å². The first kappa shape index (κ1) is 11.3. The first-order valence-electron chi connectivity index (χ1n) is 3.15. The van der Waals surface area contributed by atoms with Crippen LogP contribution in [0.4, 0.5) is 0 Å². The van der Waals surface area contributed by atoms with Crippen molar-refractivity contribution in [2.75, 3.05) is 0 Å². The minimum Gasteiger partial charge on any atom is -0.481 e. The normalized spacial score (nSPS) is 13.8. The van der Waals surface area contributed by atoms with Crippen molar-refractivity contribution < 1.29 is 24.3 Å². The fraction of sp³-hybridized carbons (Fsp3) is 0.600. The molecule has 0 aliphatic heterocycles. The molecule has 6 nitrogen and oxygen atoms in total. The summed E-state index contributed by atoms with van der Waals surface area (Å²) < 4.78 is 10.5. The number of aliphatic carboxylic acids is 1. The van der Waals surface area contributed by atoms with Crippen molar-refractivity contribution in [2.24, 2.45) is 0 Å². The fourth-order valence-corrected chi connectivity index (χ4v) is 1.28. The Morgan fingerprint density at radius 3 is 2.33 bits per heavy atom. The molecule has 0 rings (SSSR count). The number of nitrogens with one attached hydrogen (secondary N) is 1. The highest BCUT2D eigenvalue weighted by atomic mass is 31.2. The highest BCUT2D eigenvalue weighted by Crippen LogP contribution is 2.42. The third-order valence-corrected chi connectivity index (χ3v) is 2.55. The summed E-state index contributed by atoms with van der Waals surface area (Å²) in [4.78, 5) is 27.1. The molecule has 0 radical (unpaired) electrons. The maximum Gasteiger partial charge on any atom is 0.333 e. The van der Waals surface area contributed by atoms with Crippen molar-refractivity contribution in [1.82, 2.24) is 0 Å². The Morgan fingerprint density at radius 1 is 1.58 bits per heavy atom. The molecule has 1 atom stereocenters. The lowest BCUT2D eigenvalue weighted by molar-refractivity contribution is -0.137. The molecule has 0 fully saturated rings. The molecule has 0 aromatic carbocycles. The second-order valence-electron chi connectivity index (χ2n) is 2.26. The second kappa shape index (κ2) is 4.35. The number of carboxylic acid groups (broad SMARTS) is 1. The Labute approximate surface area is 68.9 Å².